The summed E-state index contributed by atoms with van der Waals surface area (Å²) in [6.45, 7) is 7.45. The number of ether oxygens (including phenoxy) is 1. The van der Waals surface area contributed by atoms with Gasteiger partial charge in [-0.2, -0.15) is 0 Å². The lowest BCUT2D eigenvalue weighted by Gasteiger charge is -2.33. The smallest absolute Gasteiger partial charge is 0.255 e. The Morgan fingerprint density at radius 2 is 1.98 bits per heavy atom. The summed E-state index contributed by atoms with van der Waals surface area (Å²) in [7, 11) is 0. The van der Waals surface area contributed by atoms with Gasteiger partial charge in [-0.25, -0.2) is 4.99 Å². The van der Waals surface area contributed by atoms with Gasteiger partial charge >= 0.3 is 0 Å². The van der Waals surface area contributed by atoms with Crippen LogP contribution in [0.5, 0.6) is 5.75 Å². The fourth-order valence-electron chi connectivity index (χ4n) is 4.98. The number of hydrogen-bond donors (Lipinski definition) is 1. The average Bonchev–Trinajstić information content (AvgIpc) is 3.58. The van der Waals surface area contributed by atoms with Crippen molar-refractivity contribution in [3.63, 3.8) is 0 Å². The number of benzene rings is 2. The second-order valence-electron chi connectivity index (χ2n) is 11.2. The Bertz CT molecular complexity index is 1570. The van der Waals surface area contributed by atoms with Crippen LogP contribution in [0.4, 0.5) is 5.00 Å². The number of amides is 1. The fourth-order valence-corrected chi connectivity index (χ4v) is 6.74. The SMILES string of the molecule is CC(C)(C)[C@H]1CCc2c(sc(N=Cc3cc(Cl)ccc3OCc3ccc(Cl)c(Cl)c3)c2C(=O)NCc2ccco2)C1. The molecule has 1 N–H and O–H groups in total. The molecule has 0 fully saturated rings. The molecule has 5 nitrogen and oxygen atoms in total. The number of aliphatic imine (C=N–C) groups is 1. The van der Waals surface area contributed by atoms with Gasteiger partial charge < -0.3 is 14.5 Å². The van der Waals surface area contributed by atoms with E-state index in [0.717, 1.165) is 30.4 Å². The van der Waals surface area contributed by atoms with Crippen LogP contribution in [0.2, 0.25) is 15.1 Å². The predicted molar refractivity (Wildman–Crippen MR) is 169 cm³/mol. The highest BCUT2D eigenvalue weighted by molar-refractivity contribution is 7.16. The van der Waals surface area contributed by atoms with Gasteiger partial charge in [0.2, 0.25) is 0 Å². The Kier molecular flexibility index (Phi) is 9.15. The maximum Gasteiger partial charge on any atom is 0.255 e. The van der Waals surface area contributed by atoms with Gasteiger partial charge in [0.1, 0.15) is 23.1 Å². The van der Waals surface area contributed by atoms with Crippen LogP contribution in [0.15, 0.2) is 64.2 Å². The molecule has 1 aliphatic carbocycles. The van der Waals surface area contributed by atoms with Crippen LogP contribution < -0.4 is 10.1 Å². The van der Waals surface area contributed by atoms with E-state index in [1.54, 1.807) is 48.1 Å². The number of nitrogens with one attached hydrogen (secondary N) is 1. The highest BCUT2D eigenvalue weighted by Crippen LogP contribution is 2.45. The molecule has 0 spiro atoms. The first-order valence-corrected chi connectivity index (χ1v) is 15.4. The van der Waals surface area contributed by atoms with Crippen molar-refractivity contribution >= 4 is 63.3 Å². The molecule has 2 aromatic carbocycles. The van der Waals surface area contributed by atoms with Gasteiger partial charge in [0.15, 0.2) is 0 Å². The third kappa shape index (κ3) is 7.18. The molecule has 0 bridgehead atoms. The maximum absolute atomic E-state index is 13.5. The minimum atomic E-state index is -0.151. The number of furan rings is 1. The van der Waals surface area contributed by atoms with E-state index in [2.05, 4.69) is 26.1 Å². The van der Waals surface area contributed by atoms with Gasteiger partial charge in [0.05, 0.1) is 28.4 Å². The van der Waals surface area contributed by atoms with Crippen molar-refractivity contribution < 1.29 is 13.9 Å². The standard InChI is InChI=1S/C32H31Cl3N2O3S/c1-32(2,3)21-7-9-24-28(15-21)41-31(29(24)30(38)36-17-23-5-4-12-39-23)37-16-20-14-22(33)8-11-27(20)40-18-19-6-10-25(34)26(35)13-19/h4-6,8,10-14,16,21H,7,9,15,17-18H2,1-3H3,(H,36,38)/t21-/m0/s1. The number of rotatable bonds is 8. The van der Waals surface area contributed by atoms with Crippen LogP contribution in [0.1, 0.15) is 64.9 Å². The topological polar surface area (TPSA) is 63.8 Å². The normalized spacial score (nSPS) is 15.2. The number of carbonyl (C=O) groups excluding carboxylic acids is 1. The minimum absolute atomic E-state index is 0.151. The first-order chi connectivity index (χ1) is 19.6. The minimum Gasteiger partial charge on any atom is -0.488 e. The van der Waals surface area contributed by atoms with E-state index < -0.39 is 0 Å². The van der Waals surface area contributed by atoms with Crippen LogP contribution in [-0.2, 0) is 26.0 Å². The van der Waals surface area contributed by atoms with Crippen molar-refractivity contribution in [3.05, 3.63) is 103 Å². The molecule has 0 saturated carbocycles. The molecule has 2 aromatic heterocycles. The quantitative estimate of drug-likeness (QED) is 0.197. The third-order valence-corrected chi connectivity index (χ3v) is 9.51. The number of thiophene rings is 1. The Morgan fingerprint density at radius 1 is 1.15 bits per heavy atom. The Labute approximate surface area is 259 Å². The van der Waals surface area contributed by atoms with Gasteiger partial charge in [-0.3, -0.25) is 4.79 Å². The molecule has 214 valence electrons. The highest BCUT2D eigenvalue weighted by Gasteiger charge is 2.33. The van der Waals surface area contributed by atoms with E-state index in [1.807, 2.05) is 24.3 Å². The van der Waals surface area contributed by atoms with Gasteiger partial charge in [0, 0.05) is 21.7 Å². The van der Waals surface area contributed by atoms with Gasteiger partial charge in [-0.15, -0.1) is 11.3 Å². The Balaban J connectivity index is 1.44. The zero-order valence-corrected chi connectivity index (χ0v) is 26.2. The summed E-state index contributed by atoms with van der Waals surface area (Å²) < 4.78 is 11.5. The molecular formula is C32H31Cl3N2O3S. The lowest BCUT2D eigenvalue weighted by Crippen LogP contribution is -2.28. The van der Waals surface area contributed by atoms with E-state index in [0.29, 0.717) is 61.8 Å². The highest BCUT2D eigenvalue weighted by atomic mass is 35.5. The fraction of sp³-hybridized carbons (Fsp3) is 0.312. The summed E-state index contributed by atoms with van der Waals surface area (Å²) in [4.78, 5) is 19.6. The summed E-state index contributed by atoms with van der Waals surface area (Å²) in [6, 6.07) is 14.4. The summed E-state index contributed by atoms with van der Waals surface area (Å²) in [6.07, 6.45) is 6.14. The van der Waals surface area contributed by atoms with Gasteiger partial charge in [0.25, 0.3) is 5.91 Å². The van der Waals surface area contributed by atoms with Crippen molar-refractivity contribution in [3.8, 4) is 5.75 Å². The van der Waals surface area contributed by atoms with Crippen LogP contribution in [0.3, 0.4) is 0 Å². The molecule has 1 atom stereocenters. The third-order valence-electron chi connectivity index (χ3n) is 7.37. The summed E-state index contributed by atoms with van der Waals surface area (Å²) in [5.41, 5.74) is 3.52. The van der Waals surface area contributed by atoms with E-state index in [1.165, 1.54) is 4.88 Å². The van der Waals surface area contributed by atoms with Crippen molar-refractivity contribution in [2.75, 3.05) is 0 Å². The van der Waals surface area contributed by atoms with Crippen LogP contribution in [-0.4, -0.2) is 12.1 Å². The van der Waals surface area contributed by atoms with Crippen LogP contribution >= 0.6 is 46.1 Å². The van der Waals surface area contributed by atoms with E-state index in [9.17, 15) is 4.79 Å². The number of fused-ring (bicyclic) bond motifs is 1. The molecule has 0 saturated heterocycles. The second-order valence-corrected chi connectivity index (χ2v) is 13.6. The molecule has 0 radical (unpaired) electrons. The Hall–Kier alpha value is -2.77. The van der Waals surface area contributed by atoms with Crippen molar-refractivity contribution in [1.82, 2.24) is 5.32 Å². The van der Waals surface area contributed by atoms with E-state index >= 15 is 0 Å². The summed E-state index contributed by atoms with van der Waals surface area (Å²) >= 11 is 20.2. The molecule has 1 aliphatic rings. The zero-order valence-electron chi connectivity index (χ0n) is 23.1. The molecule has 4 aromatic rings. The predicted octanol–water partition coefficient (Wildman–Crippen LogP) is 9.71. The monoisotopic (exact) mass is 628 g/mol. The molecule has 1 amide bonds. The van der Waals surface area contributed by atoms with Crippen molar-refractivity contribution in [1.29, 1.82) is 0 Å². The summed E-state index contributed by atoms with van der Waals surface area (Å²) in [5, 5.41) is 5.22. The van der Waals surface area contributed by atoms with Gasteiger partial charge in [-0.05, 0) is 84.2 Å². The maximum atomic E-state index is 13.5. The second kappa shape index (κ2) is 12.6. The first kappa shape index (κ1) is 29.7. The first-order valence-electron chi connectivity index (χ1n) is 13.4. The number of halogens is 3. The molecule has 0 unspecified atom stereocenters. The van der Waals surface area contributed by atoms with Crippen LogP contribution in [0, 0.1) is 11.3 Å². The molecular weight excluding hydrogens is 599 g/mol. The lowest BCUT2D eigenvalue weighted by atomic mass is 9.72. The average molecular weight is 630 g/mol. The van der Waals surface area contributed by atoms with Crippen molar-refractivity contribution in [2.45, 2.75) is 53.2 Å². The molecule has 0 aliphatic heterocycles. The van der Waals surface area contributed by atoms with Crippen LogP contribution in [0.25, 0.3) is 0 Å². The van der Waals surface area contributed by atoms with Crippen molar-refractivity contribution in [2.24, 2.45) is 16.3 Å². The zero-order chi connectivity index (χ0) is 29.1. The van der Waals surface area contributed by atoms with Gasteiger partial charge in [-0.1, -0.05) is 61.6 Å². The number of nitrogens with zero attached hydrogens (tertiary/aromatic N) is 1. The molecule has 5 rings (SSSR count). The number of carbonyl (C=O) groups is 1. The Morgan fingerprint density at radius 3 is 2.71 bits per heavy atom. The van der Waals surface area contributed by atoms with E-state index in [-0.39, 0.29) is 11.3 Å². The molecule has 2 heterocycles. The summed E-state index contributed by atoms with van der Waals surface area (Å²) in [5.74, 6) is 1.70. The number of hydrogen-bond acceptors (Lipinski definition) is 5. The largest absolute Gasteiger partial charge is 0.488 e. The van der Waals surface area contributed by atoms with E-state index in [4.69, 9.17) is 48.9 Å². The molecule has 41 heavy (non-hydrogen) atoms. The molecule has 9 heteroatoms. The lowest BCUT2D eigenvalue weighted by molar-refractivity contribution is 0.0947.